The van der Waals surface area contributed by atoms with Crippen molar-refractivity contribution in [1.82, 2.24) is 0 Å². The van der Waals surface area contributed by atoms with Crippen molar-refractivity contribution < 1.29 is 13.2 Å². The summed E-state index contributed by atoms with van der Waals surface area (Å²) in [5.74, 6) is -2.37. The number of aryl methyl sites for hydroxylation is 1. The van der Waals surface area contributed by atoms with Crippen LogP contribution in [0.4, 0.5) is 13.2 Å². The molecule has 0 aliphatic rings. The Morgan fingerprint density at radius 2 is 1.40 bits per heavy atom. The molecule has 0 fully saturated rings. The Balaban J connectivity index is 1.98. The first-order valence-corrected chi connectivity index (χ1v) is 10.0. The van der Waals surface area contributed by atoms with Crippen LogP contribution in [-0.2, 0) is 0 Å². The molecule has 0 heterocycles. The molecule has 154 valence electrons. The predicted octanol–water partition coefficient (Wildman–Crippen LogP) is 8.51. The van der Waals surface area contributed by atoms with Gasteiger partial charge in [0.1, 0.15) is 5.82 Å². The zero-order valence-corrected chi connectivity index (χ0v) is 17.7. The SMILES string of the molecule is CC/C(C)=C\C=C(/C)c1ccc(-c2ccc(-c3ccc(C)cc3)c(F)c2)c(F)c1F. The Morgan fingerprint density at radius 3 is 2.03 bits per heavy atom. The average Bonchev–Trinajstić information content (AvgIpc) is 2.74. The fourth-order valence-corrected chi connectivity index (χ4v) is 3.20. The van der Waals surface area contributed by atoms with Gasteiger partial charge in [0.25, 0.3) is 0 Å². The molecule has 0 aliphatic carbocycles. The van der Waals surface area contributed by atoms with Crippen LogP contribution in [0.1, 0.15) is 38.3 Å². The standard InChI is InChI=1S/C27H25F3/c1-5-17(2)6-9-19(4)22-14-15-24(27(30)26(22)29)21-12-13-23(25(28)16-21)20-10-7-18(3)8-11-20/h6-16H,5H2,1-4H3/b17-6-,19-9+. The van der Waals surface area contributed by atoms with E-state index in [1.165, 1.54) is 12.1 Å². The van der Waals surface area contributed by atoms with Crippen molar-refractivity contribution in [3.63, 3.8) is 0 Å². The molecule has 0 N–H and O–H groups in total. The minimum absolute atomic E-state index is 0.0405. The third-order valence-electron chi connectivity index (χ3n) is 5.33. The Morgan fingerprint density at radius 1 is 0.767 bits per heavy atom. The molecule has 3 rings (SSSR count). The lowest BCUT2D eigenvalue weighted by Gasteiger charge is -2.11. The van der Waals surface area contributed by atoms with Gasteiger partial charge in [-0.3, -0.25) is 0 Å². The van der Waals surface area contributed by atoms with Gasteiger partial charge in [-0.05, 0) is 50.0 Å². The molecule has 0 unspecified atom stereocenters. The molecule has 0 amide bonds. The van der Waals surface area contributed by atoms with Crippen LogP contribution in [-0.4, -0.2) is 0 Å². The molecule has 0 aliphatic heterocycles. The van der Waals surface area contributed by atoms with Crippen LogP contribution >= 0.6 is 0 Å². The molecule has 3 aromatic rings. The first kappa shape index (κ1) is 21.6. The Kier molecular flexibility index (Phi) is 6.61. The lowest BCUT2D eigenvalue weighted by Crippen LogP contribution is -1.96. The summed E-state index contributed by atoms with van der Waals surface area (Å²) in [5.41, 5.74) is 4.57. The average molecular weight is 406 g/mol. The zero-order chi connectivity index (χ0) is 21.8. The minimum Gasteiger partial charge on any atom is -0.206 e. The minimum atomic E-state index is -0.973. The van der Waals surface area contributed by atoms with E-state index >= 15 is 0 Å². The van der Waals surface area contributed by atoms with Gasteiger partial charge in [0.15, 0.2) is 11.6 Å². The van der Waals surface area contributed by atoms with E-state index in [0.29, 0.717) is 16.7 Å². The predicted molar refractivity (Wildman–Crippen MR) is 120 cm³/mol. The first-order valence-electron chi connectivity index (χ1n) is 10.0. The van der Waals surface area contributed by atoms with E-state index in [9.17, 15) is 13.2 Å². The summed E-state index contributed by atoms with van der Waals surface area (Å²) in [6.07, 6.45) is 4.58. The second-order valence-electron chi connectivity index (χ2n) is 7.57. The summed E-state index contributed by atoms with van der Waals surface area (Å²) in [6, 6.07) is 15.0. The molecule has 3 aromatic carbocycles. The molecule has 0 nitrogen and oxygen atoms in total. The van der Waals surface area contributed by atoms with Crippen LogP contribution < -0.4 is 0 Å². The fourth-order valence-electron chi connectivity index (χ4n) is 3.20. The molecule has 0 bridgehead atoms. The van der Waals surface area contributed by atoms with Crippen molar-refractivity contribution in [2.24, 2.45) is 0 Å². The summed E-state index contributed by atoms with van der Waals surface area (Å²) in [4.78, 5) is 0. The van der Waals surface area contributed by atoms with Crippen molar-refractivity contribution >= 4 is 5.57 Å². The smallest absolute Gasteiger partial charge is 0.167 e. The van der Waals surface area contributed by atoms with Crippen molar-refractivity contribution in [3.8, 4) is 22.3 Å². The van der Waals surface area contributed by atoms with Gasteiger partial charge in [-0.1, -0.05) is 78.7 Å². The highest BCUT2D eigenvalue weighted by Gasteiger charge is 2.17. The molecule has 3 heteroatoms. The maximum absolute atomic E-state index is 14.8. The summed E-state index contributed by atoms with van der Waals surface area (Å²) >= 11 is 0. The van der Waals surface area contributed by atoms with Crippen LogP contribution in [0.15, 0.2) is 72.3 Å². The van der Waals surface area contributed by atoms with Crippen molar-refractivity contribution in [3.05, 3.63) is 101 Å². The van der Waals surface area contributed by atoms with E-state index in [1.807, 2.05) is 51.1 Å². The third kappa shape index (κ3) is 4.56. The number of allylic oxidation sites excluding steroid dienone is 4. The van der Waals surface area contributed by atoms with Crippen molar-refractivity contribution in [1.29, 1.82) is 0 Å². The molecule has 0 aromatic heterocycles. The maximum Gasteiger partial charge on any atom is 0.167 e. The molecule has 0 saturated heterocycles. The monoisotopic (exact) mass is 406 g/mol. The quantitative estimate of drug-likeness (QED) is 0.373. The number of benzene rings is 3. The number of halogens is 3. The summed E-state index contributed by atoms with van der Waals surface area (Å²) in [6.45, 7) is 7.72. The van der Waals surface area contributed by atoms with Crippen LogP contribution in [0.5, 0.6) is 0 Å². The van der Waals surface area contributed by atoms with E-state index < -0.39 is 17.5 Å². The Hall–Kier alpha value is -3.07. The lowest BCUT2D eigenvalue weighted by molar-refractivity contribution is 0.509. The molecular weight excluding hydrogens is 381 g/mol. The van der Waals surface area contributed by atoms with Crippen molar-refractivity contribution in [2.75, 3.05) is 0 Å². The highest BCUT2D eigenvalue weighted by Crippen LogP contribution is 2.32. The summed E-state index contributed by atoms with van der Waals surface area (Å²) < 4.78 is 44.3. The van der Waals surface area contributed by atoms with Gasteiger partial charge in [-0.15, -0.1) is 0 Å². The number of hydrogen-bond donors (Lipinski definition) is 0. The molecule has 0 spiro atoms. The van der Waals surface area contributed by atoms with Gasteiger partial charge in [-0.2, -0.15) is 0 Å². The van der Waals surface area contributed by atoms with E-state index in [0.717, 1.165) is 23.1 Å². The maximum atomic E-state index is 14.8. The van der Waals surface area contributed by atoms with Crippen molar-refractivity contribution in [2.45, 2.75) is 34.1 Å². The zero-order valence-electron chi connectivity index (χ0n) is 17.7. The summed E-state index contributed by atoms with van der Waals surface area (Å²) in [7, 11) is 0. The highest BCUT2D eigenvalue weighted by atomic mass is 19.2. The van der Waals surface area contributed by atoms with Gasteiger partial charge in [0.05, 0.1) is 0 Å². The second-order valence-corrected chi connectivity index (χ2v) is 7.57. The molecule has 30 heavy (non-hydrogen) atoms. The number of hydrogen-bond acceptors (Lipinski definition) is 0. The second kappa shape index (κ2) is 9.17. The molecule has 0 saturated carbocycles. The van der Waals surface area contributed by atoms with E-state index in [4.69, 9.17) is 0 Å². The largest absolute Gasteiger partial charge is 0.206 e. The first-order chi connectivity index (χ1) is 14.3. The van der Waals surface area contributed by atoms with E-state index in [1.54, 1.807) is 31.2 Å². The third-order valence-corrected chi connectivity index (χ3v) is 5.33. The topological polar surface area (TPSA) is 0 Å². The van der Waals surface area contributed by atoms with E-state index in [-0.39, 0.29) is 11.1 Å². The lowest BCUT2D eigenvalue weighted by atomic mass is 9.96. The van der Waals surface area contributed by atoms with Crippen LogP contribution in [0, 0.1) is 24.4 Å². The fraction of sp³-hybridized carbons (Fsp3) is 0.185. The molecule has 0 atom stereocenters. The van der Waals surface area contributed by atoms with Gasteiger partial charge in [0.2, 0.25) is 0 Å². The summed E-state index contributed by atoms with van der Waals surface area (Å²) in [5, 5.41) is 0. The van der Waals surface area contributed by atoms with Crippen LogP contribution in [0.25, 0.3) is 27.8 Å². The normalized spacial score (nSPS) is 12.4. The number of rotatable bonds is 5. The molecular formula is C27H25F3. The Bertz CT molecular complexity index is 1120. The van der Waals surface area contributed by atoms with Gasteiger partial charge in [0, 0.05) is 16.7 Å². The van der Waals surface area contributed by atoms with Gasteiger partial charge < -0.3 is 0 Å². The molecule has 0 radical (unpaired) electrons. The Labute approximate surface area is 176 Å². The van der Waals surface area contributed by atoms with Crippen LogP contribution in [0.3, 0.4) is 0 Å². The van der Waals surface area contributed by atoms with Crippen LogP contribution in [0.2, 0.25) is 0 Å². The van der Waals surface area contributed by atoms with Gasteiger partial charge in [-0.25, -0.2) is 13.2 Å². The van der Waals surface area contributed by atoms with E-state index in [2.05, 4.69) is 0 Å². The highest BCUT2D eigenvalue weighted by molar-refractivity contribution is 5.74. The van der Waals surface area contributed by atoms with Gasteiger partial charge >= 0.3 is 0 Å².